The van der Waals surface area contributed by atoms with Crippen molar-refractivity contribution < 1.29 is 19.2 Å². The molecule has 2 rings (SSSR count). The highest BCUT2D eigenvalue weighted by atomic mass is 19.1. The van der Waals surface area contributed by atoms with Gasteiger partial charge in [0.15, 0.2) is 6.54 Å². The predicted molar refractivity (Wildman–Crippen MR) is 92.4 cm³/mol. The van der Waals surface area contributed by atoms with Crippen LogP contribution in [0.15, 0.2) is 48.5 Å². The van der Waals surface area contributed by atoms with Gasteiger partial charge in [0.05, 0.1) is 12.8 Å². The highest BCUT2D eigenvalue weighted by Crippen LogP contribution is 2.22. The fraction of sp³-hybridized carbons (Fsp3) is 0.316. The highest BCUT2D eigenvalue weighted by molar-refractivity contribution is 5.92. The number of carbonyl (C=O) groups is 1. The Morgan fingerprint density at radius 3 is 2.46 bits per heavy atom. The van der Waals surface area contributed by atoms with Crippen molar-refractivity contribution in [1.29, 1.82) is 0 Å². The number of carbonyl (C=O) groups excluding carboxylic acids is 1. The number of halogens is 1. The van der Waals surface area contributed by atoms with Crippen LogP contribution in [-0.4, -0.2) is 19.6 Å². The Labute approximate surface area is 142 Å². The van der Waals surface area contributed by atoms with Crippen LogP contribution < -0.4 is 15.4 Å². The first-order valence-corrected chi connectivity index (χ1v) is 8.03. The first-order chi connectivity index (χ1) is 11.5. The molecule has 3 N–H and O–H groups in total. The van der Waals surface area contributed by atoms with E-state index >= 15 is 0 Å². The third-order valence-corrected chi connectivity index (χ3v) is 3.91. The third-order valence-electron chi connectivity index (χ3n) is 3.91. The Bertz CT molecular complexity index is 671. The Morgan fingerprint density at radius 2 is 1.83 bits per heavy atom. The molecule has 0 saturated heterocycles. The van der Waals surface area contributed by atoms with Crippen molar-refractivity contribution in [3.63, 3.8) is 0 Å². The monoisotopic (exact) mass is 331 g/mol. The van der Waals surface area contributed by atoms with E-state index in [1.807, 2.05) is 17.4 Å². The summed E-state index contributed by atoms with van der Waals surface area (Å²) in [5, 5.41) is 4.84. The van der Waals surface area contributed by atoms with E-state index in [2.05, 4.69) is 19.2 Å². The van der Waals surface area contributed by atoms with Crippen molar-refractivity contribution in [3.8, 4) is 5.75 Å². The fourth-order valence-electron chi connectivity index (χ4n) is 2.66. The van der Waals surface area contributed by atoms with Gasteiger partial charge in [-0.1, -0.05) is 38.1 Å². The topological polar surface area (TPSA) is 54.9 Å². The summed E-state index contributed by atoms with van der Waals surface area (Å²) in [5.41, 5.74) is 1.66. The smallest absolute Gasteiger partial charge is 0.279 e. The van der Waals surface area contributed by atoms with E-state index in [0.29, 0.717) is 17.4 Å². The molecule has 0 saturated carbocycles. The minimum absolute atomic E-state index is 0.0917. The van der Waals surface area contributed by atoms with Crippen LogP contribution in [0.1, 0.15) is 25.5 Å². The van der Waals surface area contributed by atoms with Gasteiger partial charge in [0.2, 0.25) is 0 Å². The van der Waals surface area contributed by atoms with E-state index in [1.165, 1.54) is 12.1 Å². The largest absolute Gasteiger partial charge is 0.495 e. The molecule has 0 fully saturated rings. The second-order valence-electron chi connectivity index (χ2n) is 6.01. The second-order valence-corrected chi connectivity index (χ2v) is 6.01. The number of para-hydroxylation sites is 2. The van der Waals surface area contributed by atoms with Gasteiger partial charge in [-0.2, -0.15) is 0 Å². The van der Waals surface area contributed by atoms with Gasteiger partial charge < -0.3 is 15.4 Å². The summed E-state index contributed by atoms with van der Waals surface area (Å²) in [6.07, 6.45) is 0. The summed E-state index contributed by atoms with van der Waals surface area (Å²) in [7, 11) is 1.57. The average Bonchev–Trinajstić information content (AvgIpc) is 2.57. The number of hydrogen-bond donors (Lipinski definition) is 2. The zero-order valence-corrected chi connectivity index (χ0v) is 14.3. The van der Waals surface area contributed by atoms with Gasteiger partial charge in [-0.05, 0) is 24.3 Å². The molecule has 1 amide bonds. The molecule has 24 heavy (non-hydrogen) atoms. The van der Waals surface area contributed by atoms with Crippen LogP contribution in [-0.2, 0) is 4.79 Å². The lowest BCUT2D eigenvalue weighted by Crippen LogP contribution is -2.88. The van der Waals surface area contributed by atoms with Crippen molar-refractivity contribution in [2.75, 3.05) is 19.0 Å². The molecule has 0 aliphatic rings. The SMILES string of the molecule is COc1ccccc1NC(=O)C[NH2+][C@H](c1ccc(F)cc1)C(C)C. The molecular formula is C19H24FN2O2+. The Hall–Kier alpha value is -2.40. The Balaban J connectivity index is 1.99. The number of benzene rings is 2. The molecule has 0 heterocycles. The van der Waals surface area contributed by atoms with Crippen LogP contribution in [0.5, 0.6) is 5.75 Å². The molecule has 2 aromatic rings. The molecule has 128 valence electrons. The third kappa shape index (κ3) is 4.80. The van der Waals surface area contributed by atoms with E-state index in [-0.39, 0.29) is 24.3 Å². The van der Waals surface area contributed by atoms with Gasteiger partial charge in [0, 0.05) is 11.5 Å². The normalized spacial score (nSPS) is 12.0. The van der Waals surface area contributed by atoms with Crippen molar-refractivity contribution in [1.82, 2.24) is 0 Å². The summed E-state index contributed by atoms with van der Waals surface area (Å²) in [6.45, 7) is 4.45. The number of ether oxygens (including phenoxy) is 1. The van der Waals surface area contributed by atoms with Gasteiger partial charge in [-0.25, -0.2) is 4.39 Å². The molecule has 0 aliphatic carbocycles. The second kappa shape index (κ2) is 8.45. The van der Waals surface area contributed by atoms with Crippen LogP contribution in [0.2, 0.25) is 0 Å². The molecule has 0 radical (unpaired) electrons. The van der Waals surface area contributed by atoms with Crippen LogP contribution in [0.4, 0.5) is 10.1 Å². The molecule has 5 heteroatoms. The summed E-state index contributed by atoms with van der Waals surface area (Å²) in [6, 6.07) is 13.8. The number of anilines is 1. The lowest BCUT2D eigenvalue weighted by Gasteiger charge is -2.19. The maximum Gasteiger partial charge on any atom is 0.279 e. The number of nitrogens with one attached hydrogen (secondary N) is 1. The number of rotatable bonds is 7. The molecule has 0 unspecified atom stereocenters. The van der Waals surface area contributed by atoms with E-state index in [0.717, 1.165) is 5.56 Å². The average molecular weight is 331 g/mol. The minimum atomic E-state index is -0.254. The van der Waals surface area contributed by atoms with E-state index in [4.69, 9.17) is 4.74 Å². The molecular weight excluding hydrogens is 307 g/mol. The molecule has 0 bridgehead atoms. The van der Waals surface area contributed by atoms with Crippen molar-refractivity contribution >= 4 is 11.6 Å². The molecule has 0 aromatic heterocycles. The summed E-state index contributed by atoms with van der Waals surface area (Å²) < 4.78 is 18.3. The minimum Gasteiger partial charge on any atom is -0.495 e. The van der Waals surface area contributed by atoms with Crippen LogP contribution in [0, 0.1) is 11.7 Å². The molecule has 2 aromatic carbocycles. The fourth-order valence-corrected chi connectivity index (χ4v) is 2.66. The summed E-state index contributed by atoms with van der Waals surface area (Å²) in [5.74, 6) is 0.585. The maximum absolute atomic E-state index is 13.1. The van der Waals surface area contributed by atoms with E-state index in [1.54, 1.807) is 31.4 Å². The number of nitrogens with two attached hydrogens (primary N) is 1. The maximum atomic E-state index is 13.1. The number of hydrogen-bond acceptors (Lipinski definition) is 2. The van der Waals surface area contributed by atoms with E-state index in [9.17, 15) is 9.18 Å². The molecule has 4 nitrogen and oxygen atoms in total. The van der Waals surface area contributed by atoms with Crippen LogP contribution in [0.25, 0.3) is 0 Å². The predicted octanol–water partition coefficient (Wildman–Crippen LogP) is 2.73. The number of quaternary nitrogens is 1. The van der Waals surface area contributed by atoms with E-state index < -0.39 is 0 Å². The Morgan fingerprint density at radius 1 is 1.17 bits per heavy atom. The number of amides is 1. The van der Waals surface area contributed by atoms with Crippen molar-refractivity contribution in [2.45, 2.75) is 19.9 Å². The van der Waals surface area contributed by atoms with Gasteiger partial charge in [-0.3, -0.25) is 4.79 Å². The molecule has 0 aliphatic heterocycles. The van der Waals surface area contributed by atoms with Gasteiger partial charge in [0.1, 0.15) is 17.6 Å². The molecule has 1 atom stereocenters. The summed E-state index contributed by atoms with van der Waals surface area (Å²) >= 11 is 0. The van der Waals surface area contributed by atoms with Crippen molar-refractivity contribution in [2.24, 2.45) is 5.92 Å². The number of methoxy groups -OCH3 is 1. The van der Waals surface area contributed by atoms with Crippen LogP contribution >= 0.6 is 0 Å². The highest BCUT2D eigenvalue weighted by Gasteiger charge is 2.20. The van der Waals surface area contributed by atoms with Gasteiger partial charge in [0.25, 0.3) is 5.91 Å². The molecule has 0 spiro atoms. The van der Waals surface area contributed by atoms with Crippen molar-refractivity contribution in [3.05, 3.63) is 59.9 Å². The van der Waals surface area contributed by atoms with Gasteiger partial charge in [-0.15, -0.1) is 0 Å². The summed E-state index contributed by atoms with van der Waals surface area (Å²) in [4.78, 5) is 12.2. The standard InChI is InChI=1S/C19H23FN2O2/c1-13(2)19(14-8-10-15(20)11-9-14)21-12-18(23)22-16-6-4-5-7-17(16)24-3/h4-11,13,19,21H,12H2,1-3H3,(H,22,23)/p+1/t19-/m0/s1. The zero-order valence-electron chi connectivity index (χ0n) is 14.3. The van der Waals surface area contributed by atoms with Crippen LogP contribution in [0.3, 0.4) is 0 Å². The first-order valence-electron chi connectivity index (χ1n) is 8.03. The Kier molecular flexibility index (Phi) is 6.32. The lowest BCUT2D eigenvalue weighted by molar-refractivity contribution is -0.692. The quantitative estimate of drug-likeness (QED) is 0.820. The van der Waals surface area contributed by atoms with Gasteiger partial charge >= 0.3 is 0 Å². The lowest BCUT2D eigenvalue weighted by atomic mass is 9.96. The zero-order chi connectivity index (χ0) is 17.5. The first kappa shape index (κ1) is 17.9.